The molecule has 18 heavy (non-hydrogen) atoms. The number of amides is 1. The van der Waals surface area contributed by atoms with Gasteiger partial charge in [-0.1, -0.05) is 11.6 Å². The van der Waals surface area contributed by atoms with Crippen molar-refractivity contribution in [1.82, 2.24) is 4.72 Å². The number of halogens is 1. The van der Waals surface area contributed by atoms with Gasteiger partial charge in [0.05, 0.1) is 15.6 Å². The first kappa shape index (κ1) is 14.7. The Bertz CT molecular complexity index is 561. The maximum atomic E-state index is 11.7. The van der Waals surface area contributed by atoms with Gasteiger partial charge in [-0.05, 0) is 18.2 Å². The highest BCUT2D eigenvalue weighted by molar-refractivity contribution is 7.89. The Labute approximate surface area is 109 Å². The third-order valence-electron chi connectivity index (χ3n) is 2.07. The minimum Gasteiger partial charge on any atom is -0.397 e. The molecule has 0 saturated carbocycles. The van der Waals surface area contributed by atoms with Crippen molar-refractivity contribution in [3.63, 3.8) is 0 Å². The van der Waals surface area contributed by atoms with E-state index in [0.29, 0.717) is 0 Å². The van der Waals surface area contributed by atoms with E-state index in [1.807, 2.05) is 4.72 Å². The zero-order chi connectivity index (χ0) is 13.9. The quantitative estimate of drug-likeness (QED) is 0.519. The Kier molecular flexibility index (Phi) is 4.52. The predicted octanol–water partition coefficient (Wildman–Crippen LogP) is -0.953. The van der Waals surface area contributed by atoms with Gasteiger partial charge in [0.25, 0.3) is 0 Å². The Balaban J connectivity index is 2.87. The van der Waals surface area contributed by atoms with Crippen molar-refractivity contribution in [3.8, 4) is 0 Å². The molecule has 0 radical (unpaired) electrons. The molecule has 0 bridgehead atoms. The van der Waals surface area contributed by atoms with E-state index in [1.54, 1.807) is 0 Å². The molecule has 1 amide bonds. The van der Waals surface area contributed by atoms with E-state index in [-0.39, 0.29) is 15.6 Å². The number of aliphatic hydroxyl groups is 1. The van der Waals surface area contributed by atoms with Gasteiger partial charge in [0, 0.05) is 6.54 Å². The van der Waals surface area contributed by atoms with Crippen LogP contribution >= 0.6 is 11.6 Å². The minimum atomic E-state index is -3.88. The van der Waals surface area contributed by atoms with Gasteiger partial charge in [0.1, 0.15) is 6.10 Å². The first-order valence-electron chi connectivity index (χ1n) is 4.76. The molecule has 1 aromatic rings. The van der Waals surface area contributed by atoms with Crippen LogP contribution in [0.5, 0.6) is 0 Å². The molecule has 0 aliphatic rings. The number of sulfonamides is 1. The number of nitrogens with two attached hydrogens (primary N) is 2. The number of carbonyl (C=O) groups excluding carboxylic acids is 1. The maximum absolute atomic E-state index is 11.7. The number of nitrogen functional groups attached to an aromatic ring is 1. The molecule has 1 atom stereocenters. The molecule has 9 heteroatoms. The number of anilines is 1. The zero-order valence-electron chi connectivity index (χ0n) is 9.13. The molecular weight excluding hydrogens is 282 g/mol. The lowest BCUT2D eigenvalue weighted by molar-refractivity contribution is -0.125. The molecule has 0 saturated heterocycles. The highest BCUT2D eigenvalue weighted by atomic mass is 35.5. The SMILES string of the molecule is NC(=O)C(O)CNS(=O)(=O)c1ccc(Cl)c(N)c1. The predicted molar refractivity (Wildman–Crippen MR) is 66.3 cm³/mol. The molecule has 0 spiro atoms. The van der Waals surface area contributed by atoms with Gasteiger partial charge in [-0.2, -0.15) is 0 Å². The minimum absolute atomic E-state index is 0.106. The van der Waals surface area contributed by atoms with Crippen molar-refractivity contribution in [2.24, 2.45) is 5.73 Å². The average molecular weight is 294 g/mol. The first-order chi connectivity index (χ1) is 8.24. The largest absolute Gasteiger partial charge is 0.397 e. The van der Waals surface area contributed by atoms with Crippen molar-refractivity contribution >= 4 is 33.2 Å². The van der Waals surface area contributed by atoms with Gasteiger partial charge in [-0.3, -0.25) is 4.79 Å². The fourth-order valence-electron chi connectivity index (χ4n) is 1.06. The third-order valence-corrected chi connectivity index (χ3v) is 3.84. The molecule has 1 aromatic carbocycles. The van der Waals surface area contributed by atoms with Crippen LogP contribution in [0.15, 0.2) is 23.1 Å². The summed E-state index contributed by atoms with van der Waals surface area (Å²) in [6.45, 7) is -0.514. The standard InChI is InChI=1S/C9H12ClN3O4S/c10-6-2-1-5(3-7(6)11)18(16,17)13-4-8(14)9(12)15/h1-3,8,13-14H,4,11H2,(H2,12,15). The van der Waals surface area contributed by atoms with Crippen LogP contribution in [0.25, 0.3) is 0 Å². The lowest BCUT2D eigenvalue weighted by Gasteiger charge is -2.10. The second-order valence-corrected chi connectivity index (χ2v) is 5.63. The summed E-state index contributed by atoms with van der Waals surface area (Å²) >= 11 is 5.66. The van der Waals surface area contributed by atoms with Crippen molar-refractivity contribution in [1.29, 1.82) is 0 Å². The highest BCUT2D eigenvalue weighted by Crippen LogP contribution is 2.21. The number of primary amides is 1. The molecule has 0 aromatic heterocycles. The van der Waals surface area contributed by atoms with E-state index in [4.69, 9.17) is 28.2 Å². The highest BCUT2D eigenvalue weighted by Gasteiger charge is 2.18. The van der Waals surface area contributed by atoms with Gasteiger partial charge in [-0.25, -0.2) is 13.1 Å². The number of nitrogens with one attached hydrogen (secondary N) is 1. The van der Waals surface area contributed by atoms with Gasteiger partial charge >= 0.3 is 0 Å². The molecule has 0 heterocycles. The normalized spacial score (nSPS) is 13.2. The number of carbonyl (C=O) groups is 1. The lowest BCUT2D eigenvalue weighted by atomic mass is 10.3. The van der Waals surface area contributed by atoms with Crippen LogP contribution in [-0.2, 0) is 14.8 Å². The van der Waals surface area contributed by atoms with Crippen LogP contribution in [-0.4, -0.2) is 32.1 Å². The summed E-state index contributed by atoms with van der Waals surface area (Å²) in [5.74, 6) is -1.02. The molecule has 7 nitrogen and oxygen atoms in total. The fourth-order valence-corrected chi connectivity index (χ4v) is 2.25. The van der Waals surface area contributed by atoms with E-state index >= 15 is 0 Å². The van der Waals surface area contributed by atoms with Crippen LogP contribution in [0.2, 0.25) is 5.02 Å². The van der Waals surface area contributed by atoms with Crippen molar-refractivity contribution in [2.75, 3.05) is 12.3 Å². The summed E-state index contributed by atoms with van der Waals surface area (Å²) < 4.78 is 25.5. The van der Waals surface area contributed by atoms with E-state index in [0.717, 1.165) is 0 Å². The van der Waals surface area contributed by atoms with Crippen LogP contribution in [0.4, 0.5) is 5.69 Å². The number of aliphatic hydroxyl groups excluding tert-OH is 1. The Hall–Kier alpha value is -1.35. The van der Waals surface area contributed by atoms with E-state index in [9.17, 15) is 13.2 Å². The monoisotopic (exact) mass is 293 g/mol. The van der Waals surface area contributed by atoms with Crippen molar-refractivity contribution < 1.29 is 18.3 Å². The molecule has 1 unspecified atom stereocenters. The van der Waals surface area contributed by atoms with E-state index < -0.39 is 28.6 Å². The second kappa shape index (κ2) is 5.53. The zero-order valence-corrected chi connectivity index (χ0v) is 10.7. The van der Waals surface area contributed by atoms with E-state index in [2.05, 4.69) is 0 Å². The van der Waals surface area contributed by atoms with Crippen LogP contribution < -0.4 is 16.2 Å². The number of benzene rings is 1. The van der Waals surface area contributed by atoms with Crippen molar-refractivity contribution in [3.05, 3.63) is 23.2 Å². The topological polar surface area (TPSA) is 136 Å². The summed E-state index contributed by atoms with van der Waals surface area (Å²) in [6, 6.07) is 3.74. The number of hydrogen-bond acceptors (Lipinski definition) is 5. The first-order valence-corrected chi connectivity index (χ1v) is 6.62. The fraction of sp³-hybridized carbons (Fsp3) is 0.222. The smallest absolute Gasteiger partial charge is 0.247 e. The van der Waals surface area contributed by atoms with Gasteiger partial charge in [0.15, 0.2) is 0 Å². The molecule has 0 aliphatic heterocycles. The summed E-state index contributed by atoms with van der Waals surface area (Å²) in [7, 11) is -3.88. The summed E-state index contributed by atoms with van der Waals surface area (Å²) in [4.78, 5) is 10.4. The van der Waals surface area contributed by atoms with Crippen molar-refractivity contribution in [2.45, 2.75) is 11.0 Å². The molecular formula is C9H12ClN3O4S. The summed E-state index contributed by atoms with van der Waals surface area (Å²) in [5, 5.41) is 9.32. The summed E-state index contributed by atoms with van der Waals surface area (Å²) in [6.07, 6.45) is -1.59. The molecule has 100 valence electrons. The Morgan fingerprint density at radius 3 is 2.61 bits per heavy atom. The number of rotatable bonds is 5. The average Bonchev–Trinajstić information content (AvgIpc) is 2.29. The van der Waals surface area contributed by atoms with Gasteiger partial charge < -0.3 is 16.6 Å². The molecule has 1 rings (SSSR count). The van der Waals surface area contributed by atoms with Crippen LogP contribution in [0, 0.1) is 0 Å². The number of hydrogen-bond donors (Lipinski definition) is 4. The molecule has 0 aliphatic carbocycles. The molecule has 6 N–H and O–H groups in total. The van der Waals surface area contributed by atoms with Gasteiger partial charge in [-0.15, -0.1) is 0 Å². The third kappa shape index (κ3) is 3.57. The Morgan fingerprint density at radius 1 is 1.50 bits per heavy atom. The molecule has 0 fully saturated rings. The maximum Gasteiger partial charge on any atom is 0.247 e. The van der Waals surface area contributed by atoms with Crippen LogP contribution in [0.3, 0.4) is 0 Å². The van der Waals surface area contributed by atoms with Crippen LogP contribution in [0.1, 0.15) is 0 Å². The van der Waals surface area contributed by atoms with Gasteiger partial charge in [0.2, 0.25) is 15.9 Å². The summed E-state index contributed by atoms with van der Waals surface area (Å²) in [5.41, 5.74) is 10.4. The van der Waals surface area contributed by atoms with E-state index in [1.165, 1.54) is 18.2 Å². The lowest BCUT2D eigenvalue weighted by Crippen LogP contribution is -2.39. The Morgan fingerprint density at radius 2 is 2.11 bits per heavy atom. The second-order valence-electron chi connectivity index (χ2n) is 3.45.